The topological polar surface area (TPSA) is 21.1 Å². The van der Waals surface area contributed by atoms with Gasteiger partial charge >= 0.3 is 0 Å². The zero-order valence-corrected chi connectivity index (χ0v) is 12.7. The van der Waals surface area contributed by atoms with Crippen LogP contribution >= 0.6 is 11.6 Å². The van der Waals surface area contributed by atoms with Gasteiger partial charge in [0.2, 0.25) is 0 Å². The highest BCUT2D eigenvalue weighted by Crippen LogP contribution is 2.20. The van der Waals surface area contributed by atoms with Crippen LogP contribution in [0.5, 0.6) is 0 Å². The maximum absolute atomic E-state index is 6.02. The van der Waals surface area contributed by atoms with Crippen molar-refractivity contribution in [1.82, 2.24) is 14.5 Å². The largest absolute Gasteiger partial charge is 0.327 e. The smallest absolute Gasteiger partial charge is 0.124 e. The van der Waals surface area contributed by atoms with Gasteiger partial charge in [-0.15, -0.1) is 11.6 Å². The summed E-state index contributed by atoms with van der Waals surface area (Å²) in [5.74, 6) is 1.45. The molecular formula is C15H22ClN3. The Kier molecular flexibility index (Phi) is 4.83. The van der Waals surface area contributed by atoms with Gasteiger partial charge in [0.25, 0.3) is 0 Å². The molecular weight excluding hydrogens is 258 g/mol. The highest BCUT2D eigenvalue weighted by molar-refractivity contribution is 6.16. The summed E-state index contributed by atoms with van der Waals surface area (Å²) in [5, 5.41) is 0. The molecule has 0 saturated heterocycles. The van der Waals surface area contributed by atoms with Gasteiger partial charge in [-0.25, -0.2) is 4.98 Å². The first-order chi connectivity index (χ1) is 9.15. The lowest BCUT2D eigenvalue weighted by Crippen LogP contribution is -2.15. The van der Waals surface area contributed by atoms with Gasteiger partial charge in [0.15, 0.2) is 0 Å². The fraction of sp³-hybridized carbons (Fsp3) is 0.533. The van der Waals surface area contributed by atoms with E-state index in [0.29, 0.717) is 5.88 Å². The molecule has 0 bridgehead atoms. The van der Waals surface area contributed by atoms with E-state index in [0.717, 1.165) is 37.3 Å². The number of rotatable bonds is 6. The van der Waals surface area contributed by atoms with Crippen molar-refractivity contribution in [3.63, 3.8) is 0 Å². The van der Waals surface area contributed by atoms with Crippen molar-refractivity contribution in [1.29, 1.82) is 0 Å². The summed E-state index contributed by atoms with van der Waals surface area (Å²) in [6.07, 6.45) is 2.15. The second-order valence-corrected chi connectivity index (χ2v) is 5.41. The Morgan fingerprint density at radius 1 is 1.32 bits per heavy atom. The summed E-state index contributed by atoms with van der Waals surface area (Å²) in [5.41, 5.74) is 3.60. The minimum atomic E-state index is 0.470. The van der Waals surface area contributed by atoms with Crippen LogP contribution in [0.15, 0.2) is 18.2 Å². The van der Waals surface area contributed by atoms with E-state index in [2.05, 4.69) is 53.7 Å². The van der Waals surface area contributed by atoms with Gasteiger partial charge in [0.1, 0.15) is 5.82 Å². The number of hydrogen-bond donors (Lipinski definition) is 0. The zero-order chi connectivity index (χ0) is 13.8. The fourth-order valence-corrected chi connectivity index (χ4v) is 2.55. The Morgan fingerprint density at radius 3 is 2.74 bits per heavy atom. The van der Waals surface area contributed by atoms with Crippen molar-refractivity contribution in [3.8, 4) is 0 Å². The first kappa shape index (κ1) is 14.4. The summed E-state index contributed by atoms with van der Waals surface area (Å²) in [6, 6.07) is 6.53. The van der Waals surface area contributed by atoms with E-state index in [1.54, 1.807) is 0 Å². The Labute approximate surface area is 120 Å². The molecule has 0 N–H and O–H groups in total. The molecule has 3 nitrogen and oxygen atoms in total. The molecule has 0 spiro atoms. The number of benzene rings is 1. The summed E-state index contributed by atoms with van der Waals surface area (Å²) >= 11 is 6.02. The quantitative estimate of drug-likeness (QED) is 0.757. The SMILES string of the molecule is CCc1ccc2c(c1)nc(CCl)n2CCCN(C)C. The number of nitrogens with zero attached hydrogens (tertiary/aromatic N) is 3. The predicted molar refractivity (Wildman–Crippen MR) is 81.8 cm³/mol. The van der Waals surface area contributed by atoms with Crippen LogP contribution in [-0.2, 0) is 18.8 Å². The van der Waals surface area contributed by atoms with E-state index >= 15 is 0 Å². The number of alkyl halides is 1. The average Bonchev–Trinajstić information content (AvgIpc) is 2.75. The van der Waals surface area contributed by atoms with Gasteiger partial charge in [-0.1, -0.05) is 13.0 Å². The Balaban J connectivity index is 2.29. The van der Waals surface area contributed by atoms with Crippen LogP contribution in [0.1, 0.15) is 24.7 Å². The summed E-state index contributed by atoms with van der Waals surface area (Å²) in [7, 11) is 4.20. The van der Waals surface area contributed by atoms with Gasteiger partial charge in [0.05, 0.1) is 16.9 Å². The normalized spacial score (nSPS) is 11.6. The van der Waals surface area contributed by atoms with Crippen molar-refractivity contribution < 1.29 is 0 Å². The van der Waals surface area contributed by atoms with Gasteiger partial charge in [-0.05, 0) is 51.2 Å². The van der Waals surface area contributed by atoms with Crippen LogP contribution in [-0.4, -0.2) is 35.1 Å². The van der Waals surface area contributed by atoms with E-state index in [9.17, 15) is 0 Å². The standard InChI is InChI=1S/C15H22ClN3/c1-4-12-6-7-14-13(10-12)17-15(11-16)19(14)9-5-8-18(2)3/h6-7,10H,4-5,8-9,11H2,1-3H3. The molecule has 19 heavy (non-hydrogen) atoms. The lowest BCUT2D eigenvalue weighted by atomic mass is 10.1. The Morgan fingerprint density at radius 2 is 2.11 bits per heavy atom. The van der Waals surface area contributed by atoms with Gasteiger partial charge in [-0.3, -0.25) is 0 Å². The van der Waals surface area contributed by atoms with Crippen molar-refractivity contribution in [2.24, 2.45) is 0 Å². The third-order valence-corrected chi connectivity index (χ3v) is 3.65. The van der Waals surface area contributed by atoms with E-state index in [1.165, 1.54) is 11.1 Å². The highest BCUT2D eigenvalue weighted by Gasteiger charge is 2.10. The van der Waals surface area contributed by atoms with E-state index < -0.39 is 0 Å². The number of hydrogen-bond acceptors (Lipinski definition) is 2. The number of halogens is 1. The number of imidazole rings is 1. The molecule has 2 rings (SSSR count). The molecule has 0 atom stereocenters. The van der Waals surface area contributed by atoms with Crippen molar-refractivity contribution in [2.45, 2.75) is 32.2 Å². The lowest BCUT2D eigenvalue weighted by molar-refractivity contribution is 0.386. The Hall–Kier alpha value is -1.06. The first-order valence-corrected chi connectivity index (χ1v) is 7.38. The lowest BCUT2D eigenvalue weighted by Gasteiger charge is -2.11. The van der Waals surface area contributed by atoms with E-state index in [-0.39, 0.29) is 0 Å². The van der Waals surface area contributed by atoms with Gasteiger partial charge < -0.3 is 9.47 Å². The monoisotopic (exact) mass is 279 g/mol. The Bertz CT molecular complexity index is 546. The van der Waals surface area contributed by atoms with Crippen LogP contribution in [0.25, 0.3) is 11.0 Å². The maximum Gasteiger partial charge on any atom is 0.124 e. The first-order valence-electron chi connectivity index (χ1n) is 6.84. The van der Waals surface area contributed by atoms with Crippen molar-refractivity contribution in [3.05, 3.63) is 29.6 Å². The van der Waals surface area contributed by atoms with Crippen LogP contribution in [0.3, 0.4) is 0 Å². The predicted octanol–water partition coefficient (Wildman–Crippen LogP) is 3.29. The van der Waals surface area contributed by atoms with Gasteiger partial charge in [-0.2, -0.15) is 0 Å². The highest BCUT2D eigenvalue weighted by atomic mass is 35.5. The molecule has 0 unspecified atom stereocenters. The molecule has 1 aromatic heterocycles. The third-order valence-electron chi connectivity index (χ3n) is 3.41. The van der Waals surface area contributed by atoms with E-state index in [1.807, 2.05) is 0 Å². The minimum absolute atomic E-state index is 0.470. The van der Waals surface area contributed by atoms with Crippen molar-refractivity contribution >= 4 is 22.6 Å². The third kappa shape index (κ3) is 3.28. The number of fused-ring (bicyclic) bond motifs is 1. The molecule has 4 heteroatoms. The molecule has 0 aliphatic rings. The number of aryl methyl sites for hydroxylation is 2. The second-order valence-electron chi connectivity index (χ2n) is 5.15. The van der Waals surface area contributed by atoms with E-state index in [4.69, 9.17) is 11.6 Å². The summed E-state index contributed by atoms with van der Waals surface area (Å²) < 4.78 is 2.26. The molecule has 0 saturated carbocycles. The second kappa shape index (κ2) is 6.40. The average molecular weight is 280 g/mol. The molecule has 0 radical (unpaired) electrons. The molecule has 104 valence electrons. The molecule has 2 aromatic rings. The molecule has 0 fully saturated rings. The van der Waals surface area contributed by atoms with Crippen LogP contribution in [0.2, 0.25) is 0 Å². The minimum Gasteiger partial charge on any atom is -0.327 e. The number of aromatic nitrogens is 2. The molecule has 0 aliphatic heterocycles. The van der Waals surface area contributed by atoms with Crippen molar-refractivity contribution in [2.75, 3.05) is 20.6 Å². The fourth-order valence-electron chi connectivity index (χ4n) is 2.34. The molecule has 0 aliphatic carbocycles. The van der Waals surface area contributed by atoms with Crippen LogP contribution in [0.4, 0.5) is 0 Å². The van der Waals surface area contributed by atoms with Crippen LogP contribution < -0.4 is 0 Å². The summed E-state index contributed by atoms with van der Waals surface area (Å²) in [4.78, 5) is 6.86. The maximum atomic E-state index is 6.02. The molecule has 0 amide bonds. The van der Waals surface area contributed by atoms with Gasteiger partial charge in [0, 0.05) is 6.54 Å². The van der Waals surface area contributed by atoms with Crippen LogP contribution in [0, 0.1) is 0 Å². The molecule has 1 heterocycles. The summed E-state index contributed by atoms with van der Waals surface area (Å²) in [6.45, 7) is 4.22. The molecule has 1 aromatic carbocycles. The zero-order valence-electron chi connectivity index (χ0n) is 12.0.